The van der Waals surface area contributed by atoms with E-state index in [1.165, 1.54) is 4.90 Å². The second-order valence-electron chi connectivity index (χ2n) is 6.90. The molecule has 6 heteroatoms. The Labute approximate surface area is 133 Å². The molecule has 0 fully saturated rings. The largest absolute Gasteiger partial charge is 0.482 e. The molecule has 0 aliphatic carbocycles. The van der Waals surface area contributed by atoms with Crippen molar-refractivity contribution in [2.75, 3.05) is 4.90 Å². The monoisotopic (exact) mass is 306 g/mol. The fourth-order valence-corrected chi connectivity index (χ4v) is 1.57. The van der Waals surface area contributed by atoms with Gasteiger partial charge in [0.05, 0.1) is 5.69 Å². The van der Waals surface area contributed by atoms with Gasteiger partial charge in [0.25, 0.3) is 0 Å². The molecule has 0 saturated heterocycles. The van der Waals surface area contributed by atoms with Crippen molar-refractivity contribution in [3.63, 3.8) is 0 Å². The topological polar surface area (TPSA) is 77.8 Å². The van der Waals surface area contributed by atoms with Crippen molar-refractivity contribution in [2.45, 2.75) is 41.5 Å². The molecule has 2 amide bonds. The van der Waals surface area contributed by atoms with E-state index in [2.05, 4.69) is 0 Å². The first-order chi connectivity index (χ1) is 9.96. The number of imide groups is 1. The zero-order valence-electron chi connectivity index (χ0n) is 14.1. The van der Waals surface area contributed by atoms with Gasteiger partial charge in [0, 0.05) is 10.8 Å². The van der Waals surface area contributed by atoms with E-state index in [9.17, 15) is 9.59 Å². The lowest BCUT2D eigenvalue weighted by atomic mass is 9.90. The molecule has 0 heterocycles. The summed E-state index contributed by atoms with van der Waals surface area (Å²) in [6.07, 6.45) is 0. The van der Waals surface area contributed by atoms with Gasteiger partial charge in [-0.2, -0.15) is 0 Å². The number of hydrogen-bond donors (Lipinski definition) is 2. The number of para-hydroxylation sites is 1. The van der Waals surface area contributed by atoms with E-state index in [0.29, 0.717) is 5.69 Å². The van der Waals surface area contributed by atoms with Crippen LogP contribution >= 0.6 is 0 Å². The standard InChI is InChI=1S/C16H23NO2.BH2O2/c1-15(2,3)13(18)17(14(19)16(4,5)6)12-10-8-7-9-11-12;2-1-3/h7-11H,1-6H3;2-3H. The molecule has 1 rings (SSSR count). The minimum atomic E-state index is -0.600. The van der Waals surface area contributed by atoms with Crippen LogP contribution in [0, 0.1) is 10.8 Å². The van der Waals surface area contributed by atoms with Crippen molar-refractivity contribution in [2.24, 2.45) is 10.8 Å². The normalized spacial score (nSPS) is 11.1. The summed E-state index contributed by atoms with van der Waals surface area (Å²) >= 11 is 0. The zero-order valence-corrected chi connectivity index (χ0v) is 14.1. The van der Waals surface area contributed by atoms with Crippen molar-refractivity contribution in [1.82, 2.24) is 0 Å². The van der Waals surface area contributed by atoms with E-state index >= 15 is 0 Å². The van der Waals surface area contributed by atoms with Crippen LogP contribution in [0.15, 0.2) is 30.3 Å². The van der Waals surface area contributed by atoms with Crippen molar-refractivity contribution < 1.29 is 19.6 Å². The fourth-order valence-electron chi connectivity index (χ4n) is 1.57. The van der Waals surface area contributed by atoms with Crippen LogP contribution in [0.4, 0.5) is 5.69 Å². The number of amides is 2. The maximum absolute atomic E-state index is 12.6. The molecule has 0 aliphatic heterocycles. The molecule has 2 N–H and O–H groups in total. The van der Waals surface area contributed by atoms with Gasteiger partial charge >= 0.3 is 7.69 Å². The van der Waals surface area contributed by atoms with Crippen molar-refractivity contribution in [3.05, 3.63) is 30.3 Å². The zero-order chi connectivity index (χ0) is 17.6. The summed E-state index contributed by atoms with van der Waals surface area (Å²) in [7, 11) is 0. The predicted octanol–water partition coefficient (Wildman–Crippen LogP) is 2.14. The Hall–Kier alpha value is -1.66. The molecule has 0 bridgehead atoms. The number of nitrogens with zero attached hydrogens (tertiary/aromatic N) is 1. The summed E-state index contributed by atoms with van der Waals surface area (Å²) < 4.78 is 0. The minimum Gasteiger partial charge on any atom is -0.429 e. The average molecular weight is 306 g/mol. The Bertz CT molecular complexity index is 463. The summed E-state index contributed by atoms with van der Waals surface area (Å²) in [4.78, 5) is 26.4. The first-order valence-corrected chi connectivity index (χ1v) is 7.01. The summed E-state index contributed by atoms with van der Waals surface area (Å²) in [5.74, 6) is -0.364. The molecule has 1 aromatic rings. The third kappa shape index (κ3) is 5.99. The van der Waals surface area contributed by atoms with Gasteiger partial charge in [-0.3, -0.25) is 9.59 Å². The Morgan fingerprint density at radius 3 is 1.45 bits per heavy atom. The number of rotatable bonds is 1. The Balaban J connectivity index is 0.00000135. The molecule has 0 aliphatic rings. The number of carbonyl (C=O) groups is 2. The molecule has 121 valence electrons. The minimum absolute atomic E-state index is 0. The van der Waals surface area contributed by atoms with E-state index in [0.717, 1.165) is 0 Å². The van der Waals surface area contributed by atoms with Gasteiger partial charge in [0.1, 0.15) is 0 Å². The van der Waals surface area contributed by atoms with Crippen LogP contribution in [0.2, 0.25) is 0 Å². The van der Waals surface area contributed by atoms with E-state index in [1.807, 2.05) is 59.7 Å². The molecule has 0 unspecified atom stereocenters. The fraction of sp³-hybridized carbons (Fsp3) is 0.500. The molecule has 0 saturated carbocycles. The SMILES string of the molecule is CC(C)(C)C(=O)N(C(=O)C(C)(C)C)c1ccccc1.O[B]O. The highest BCUT2D eigenvalue weighted by atomic mass is 16.4. The van der Waals surface area contributed by atoms with Crippen LogP contribution in [0.3, 0.4) is 0 Å². The quantitative estimate of drug-likeness (QED) is 0.779. The lowest BCUT2D eigenvalue weighted by molar-refractivity contribution is -0.134. The van der Waals surface area contributed by atoms with E-state index in [-0.39, 0.29) is 19.5 Å². The van der Waals surface area contributed by atoms with Gasteiger partial charge in [0.2, 0.25) is 11.8 Å². The number of benzene rings is 1. The van der Waals surface area contributed by atoms with Gasteiger partial charge in [-0.05, 0) is 12.1 Å². The van der Waals surface area contributed by atoms with E-state index in [4.69, 9.17) is 10.0 Å². The third-order valence-electron chi connectivity index (χ3n) is 2.70. The van der Waals surface area contributed by atoms with Crippen molar-refractivity contribution in [3.8, 4) is 0 Å². The lowest BCUT2D eigenvalue weighted by Crippen LogP contribution is -2.48. The molecule has 0 aromatic heterocycles. The molecule has 1 aromatic carbocycles. The molecule has 22 heavy (non-hydrogen) atoms. The van der Waals surface area contributed by atoms with Gasteiger partial charge in [-0.15, -0.1) is 0 Å². The predicted molar refractivity (Wildman–Crippen MR) is 88.0 cm³/mol. The lowest BCUT2D eigenvalue weighted by Gasteiger charge is -2.32. The first-order valence-electron chi connectivity index (χ1n) is 7.01. The third-order valence-corrected chi connectivity index (χ3v) is 2.70. The maximum Gasteiger partial charge on any atom is 0.482 e. The van der Waals surface area contributed by atoms with Crippen LogP contribution in [-0.2, 0) is 9.59 Å². The number of hydrogen-bond acceptors (Lipinski definition) is 4. The Morgan fingerprint density at radius 2 is 1.18 bits per heavy atom. The van der Waals surface area contributed by atoms with Gasteiger partial charge in [0.15, 0.2) is 0 Å². The molecule has 5 nitrogen and oxygen atoms in total. The maximum atomic E-state index is 12.6. The number of anilines is 1. The molecular formula is C16H25BNO4. The second kappa shape index (κ2) is 8.10. The molecule has 1 radical (unpaired) electrons. The molecule has 0 atom stereocenters. The smallest absolute Gasteiger partial charge is 0.429 e. The summed E-state index contributed by atoms with van der Waals surface area (Å²) in [6.45, 7) is 10.9. The van der Waals surface area contributed by atoms with Crippen LogP contribution in [-0.4, -0.2) is 29.5 Å². The first kappa shape index (κ1) is 20.3. The second-order valence-corrected chi connectivity index (χ2v) is 6.90. The highest BCUT2D eigenvalue weighted by molar-refractivity contribution is 6.17. The summed E-state index contributed by atoms with van der Waals surface area (Å²) in [5.41, 5.74) is -0.574. The average Bonchev–Trinajstić information content (AvgIpc) is 2.39. The van der Waals surface area contributed by atoms with Crippen LogP contribution in [0.5, 0.6) is 0 Å². The summed E-state index contributed by atoms with van der Waals surface area (Å²) in [5, 5.41) is 14.0. The van der Waals surface area contributed by atoms with Crippen LogP contribution in [0.1, 0.15) is 41.5 Å². The number of carbonyl (C=O) groups excluding carboxylic acids is 2. The van der Waals surface area contributed by atoms with E-state index < -0.39 is 10.8 Å². The summed E-state index contributed by atoms with van der Waals surface area (Å²) in [6, 6.07) is 9.09. The van der Waals surface area contributed by atoms with Gasteiger partial charge in [-0.25, -0.2) is 4.90 Å². The molecule has 0 spiro atoms. The van der Waals surface area contributed by atoms with Crippen molar-refractivity contribution in [1.29, 1.82) is 0 Å². The Kier molecular flexibility index (Phi) is 7.49. The molecular weight excluding hydrogens is 281 g/mol. The van der Waals surface area contributed by atoms with E-state index in [1.54, 1.807) is 12.1 Å². The van der Waals surface area contributed by atoms with Gasteiger partial charge in [-0.1, -0.05) is 59.7 Å². The van der Waals surface area contributed by atoms with Crippen molar-refractivity contribution >= 4 is 25.2 Å². The highest BCUT2D eigenvalue weighted by Gasteiger charge is 2.37. The van der Waals surface area contributed by atoms with Crippen LogP contribution in [0.25, 0.3) is 0 Å². The highest BCUT2D eigenvalue weighted by Crippen LogP contribution is 2.28. The van der Waals surface area contributed by atoms with Gasteiger partial charge < -0.3 is 10.0 Å². The Morgan fingerprint density at radius 1 is 0.864 bits per heavy atom. The van der Waals surface area contributed by atoms with Crippen LogP contribution < -0.4 is 4.90 Å².